The van der Waals surface area contributed by atoms with Gasteiger partial charge < -0.3 is 9.47 Å². The van der Waals surface area contributed by atoms with Crippen molar-refractivity contribution in [3.63, 3.8) is 0 Å². The van der Waals surface area contributed by atoms with Gasteiger partial charge in [-0.3, -0.25) is 4.79 Å². The van der Waals surface area contributed by atoms with E-state index in [4.69, 9.17) is 9.47 Å². The zero-order chi connectivity index (χ0) is 11.8. The highest BCUT2D eigenvalue weighted by Gasteiger charge is 2.43. The molecule has 3 atom stereocenters. The van der Waals surface area contributed by atoms with E-state index in [1.165, 1.54) is 10.5 Å². The highest BCUT2D eigenvalue weighted by molar-refractivity contribution is 8.00. The molecule has 0 unspecified atom stereocenters. The second kappa shape index (κ2) is 4.44. The Hall–Kier alpha value is -0.840. The highest BCUT2D eigenvalue weighted by atomic mass is 32.2. The first-order valence-corrected chi connectivity index (χ1v) is 6.63. The summed E-state index contributed by atoms with van der Waals surface area (Å²) in [7, 11) is 0. The minimum atomic E-state index is -0.588. The predicted octanol–water partition coefficient (Wildman–Crippen LogP) is 2.17. The monoisotopic (exact) mass is 250 g/mol. The topological polar surface area (TPSA) is 35.5 Å². The van der Waals surface area contributed by atoms with E-state index in [-0.39, 0.29) is 17.1 Å². The minimum absolute atomic E-state index is 0.0593. The highest BCUT2D eigenvalue weighted by Crippen LogP contribution is 2.36. The summed E-state index contributed by atoms with van der Waals surface area (Å²) >= 11 is 1.71. The molecule has 90 valence electrons. The SMILES string of the molecule is Cc1ccc(S[C@@H]2CC(=O)[C@@H]3OC[C@@H]2O3)cc1. The maximum absolute atomic E-state index is 11.6. The Morgan fingerprint density at radius 3 is 2.82 bits per heavy atom. The summed E-state index contributed by atoms with van der Waals surface area (Å²) in [4.78, 5) is 12.8. The normalized spacial score (nSPS) is 31.8. The third kappa shape index (κ3) is 2.25. The number of ketones is 1. The molecule has 2 aliphatic heterocycles. The van der Waals surface area contributed by atoms with Gasteiger partial charge in [0.25, 0.3) is 0 Å². The Labute approximate surface area is 104 Å². The molecule has 2 bridgehead atoms. The molecule has 2 aliphatic rings. The van der Waals surface area contributed by atoms with Gasteiger partial charge >= 0.3 is 0 Å². The molecule has 2 fully saturated rings. The number of ether oxygens (including phenoxy) is 2. The standard InChI is InChI=1S/C13H14O3S/c1-8-2-4-9(5-3-8)17-12-6-10(14)13-15-7-11(12)16-13/h2-5,11-13H,6-7H2,1H3/t11-,12+,13+/m0/s1. The van der Waals surface area contributed by atoms with Crippen molar-refractivity contribution in [1.82, 2.24) is 0 Å². The van der Waals surface area contributed by atoms with Crippen LogP contribution in [0.2, 0.25) is 0 Å². The van der Waals surface area contributed by atoms with Crippen LogP contribution in [0.15, 0.2) is 29.2 Å². The molecule has 17 heavy (non-hydrogen) atoms. The number of fused-ring (bicyclic) bond motifs is 2. The molecule has 3 nitrogen and oxygen atoms in total. The van der Waals surface area contributed by atoms with Crippen LogP contribution in [0.1, 0.15) is 12.0 Å². The van der Waals surface area contributed by atoms with Crippen LogP contribution in [-0.2, 0) is 14.3 Å². The van der Waals surface area contributed by atoms with Crippen molar-refractivity contribution in [1.29, 1.82) is 0 Å². The molecule has 2 heterocycles. The zero-order valence-electron chi connectivity index (χ0n) is 9.59. The van der Waals surface area contributed by atoms with Crippen molar-refractivity contribution in [2.45, 2.75) is 35.9 Å². The summed E-state index contributed by atoms with van der Waals surface area (Å²) < 4.78 is 10.8. The quantitative estimate of drug-likeness (QED) is 0.806. The van der Waals surface area contributed by atoms with E-state index in [1.54, 1.807) is 11.8 Å². The van der Waals surface area contributed by atoms with Crippen molar-refractivity contribution in [2.24, 2.45) is 0 Å². The second-order valence-corrected chi connectivity index (χ2v) is 5.79. The largest absolute Gasteiger partial charge is 0.343 e. The number of hydrogen-bond donors (Lipinski definition) is 0. The molecular weight excluding hydrogens is 236 g/mol. The lowest BCUT2D eigenvalue weighted by Crippen LogP contribution is -2.37. The van der Waals surface area contributed by atoms with E-state index in [2.05, 4.69) is 31.2 Å². The second-order valence-electron chi connectivity index (χ2n) is 4.48. The van der Waals surface area contributed by atoms with E-state index in [1.807, 2.05) is 0 Å². The molecule has 0 aromatic heterocycles. The van der Waals surface area contributed by atoms with Gasteiger partial charge in [-0.25, -0.2) is 0 Å². The Kier molecular flexibility index (Phi) is 2.94. The van der Waals surface area contributed by atoms with Gasteiger partial charge in [-0.05, 0) is 19.1 Å². The van der Waals surface area contributed by atoms with E-state index in [0.29, 0.717) is 13.0 Å². The lowest BCUT2D eigenvalue weighted by molar-refractivity contribution is -0.151. The van der Waals surface area contributed by atoms with Crippen LogP contribution >= 0.6 is 11.8 Å². The molecule has 0 saturated carbocycles. The van der Waals surface area contributed by atoms with Gasteiger partial charge in [0.05, 0.1) is 12.7 Å². The van der Waals surface area contributed by atoms with E-state index in [0.717, 1.165) is 0 Å². The predicted molar refractivity (Wildman–Crippen MR) is 65.1 cm³/mol. The van der Waals surface area contributed by atoms with Crippen molar-refractivity contribution in [2.75, 3.05) is 6.61 Å². The zero-order valence-corrected chi connectivity index (χ0v) is 10.4. The molecule has 0 radical (unpaired) electrons. The number of carbonyl (C=O) groups is 1. The maximum atomic E-state index is 11.6. The van der Waals surface area contributed by atoms with Gasteiger partial charge in [-0.1, -0.05) is 17.7 Å². The van der Waals surface area contributed by atoms with Crippen LogP contribution in [0, 0.1) is 6.92 Å². The first kappa shape index (κ1) is 11.3. The molecule has 3 rings (SSSR count). The number of aryl methyl sites for hydroxylation is 1. The molecule has 1 aromatic carbocycles. The number of thioether (sulfide) groups is 1. The van der Waals surface area contributed by atoms with Crippen molar-refractivity contribution < 1.29 is 14.3 Å². The molecule has 0 amide bonds. The molecule has 4 heteroatoms. The van der Waals surface area contributed by atoms with Gasteiger partial charge in [0.1, 0.15) is 0 Å². The van der Waals surface area contributed by atoms with Crippen molar-refractivity contribution >= 4 is 17.5 Å². The number of benzene rings is 1. The lowest BCUT2D eigenvalue weighted by Gasteiger charge is -2.25. The first-order chi connectivity index (χ1) is 8.22. The fourth-order valence-electron chi connectivity index (χ4n) is 2.12. The molecule has 0 N–H and O–H groups in total. The van der Waals surface area contributed by atoms with Crippen LogP contribution in [0.4, 0.5) is 0 Å². The number of Topliss-reactive ketones (excluding diaryl/α,β-unsaturated/α-hetero) is 1. The summed E-state index contributed by atoms with van der Waals surface area (Å²) in [6.07, 6.45) is 0.0207. The summed E-state index contributed by atoms with van der Waals surface area (Å²) in [5.41, 5.74) is 1.24. The Balaban J connectivity index is 1.72. The smallest absolute Gasteiger partial charge is 0.218 e. The first-order valence-electron chi connectivity index (χ1n) is 5.75. The van der Waals surface area contributed by atoms with Crippen LogP contribution < -0.4 is 0 Å². The lowest BCUT2D eigenvalue weighted by atomic mass is 10.1. The third-order valence-corrected chi connectivity index (χ3v) is 4.42. The molecule has 2 saturated heterocycles. The fraction of sp³-hybridized carbons (Fsp3) is 0.462. The number of carbonyl (C=O) groups excluding carboxylic acids is 1. The van der Waals surface area contributed by atoms with E-state index < -0.39 is 6.29 Å². The summed E-state index contributed by atoms with van der Waals surface area (Å²) in [5.74, 6) is 0.0726. The molecule has 0 spiro atoms. The van der Waals surface area contributed by atoms with Gasteiger partial charge in [0, 0.05) is 16.6 Å². The van der Waals surface area contributed by atoms with Crippen LogP contribution in [0.5, 0.6) is 0 Å². The van der Waals surface area contributed by atoms with Crippen molar-refractivity contribution in [3.8, 4) is 0 Å². The number of rotatable bonds is 2. The Bertz CT molecular complexity index is 429. The Morgan fingerprint density at radius 1 is 1.29 bits per heavy atom. The minimum Gasteiger partial charge on any atom is -0.343 e. The molecule has 1 aromatic rings. The maximum Gasteiger partial charge on any atom is 0.218 e. The van der Waals surface area contributed by atoms with Crippen LogP contribution in [-0.4, -0.2) is 30.0 Å². The third-order valence-electron chi connectivity index (χ3n) is 3.10. The number of hydrogen-bond acceptors (Lipinski definition) is 4. The fourth-order valence-corrected chi connectivity index (χ4v) is 3.30. The molecule has 0 aliphatic carbocycles. The van der Waals surface area contributed by atoms with E-state index in [9.17, 15) is 4.79 Å². The average molecular weight is 250 g/mol. The van der Waals surface area contributed by atoms with Gasteiger partial charge in [0.2, 0.25) is 6.29 Å². The van der Waals surface area contributed by atoms with E-state index >= 15 is 0 Å². The summed E-state index contributed by atoms with van der Waals surface area (Å²) in [6, 6.07) is 8.35. The van der Waals surface area contributed by atoms with Crippen molar-refractivity contribution in [3.05, 3.63) is 29.8 Å². The average Bonchev–Trinajstić information content (AvgIpc) is 2.75. The Morgan fingerprint density at radius 2 is 2.06 bits per heavy atom. The summed E-state index contributed by atoms with van der Waals surface area (Å²) in [6.45, 7) is 2.61. The molecular formula is C13H14O3S. The van der Waals surface area contributed by atoms with Gasteiger partial charge in [0.15, 0.2) is 5.78 Å². The van der Waals surface area contributed by atoms with Gasteiger partial charge in [-0.2, -0.15) is 0 Å². The van der Waals surface area contributed by atoms with Crippen LogP contribution in [0.25, 0.3) is 0 Å². The van der Waals surface area contributed by atoms with Crippen LogP contribution in [0.3, 0.4) is 0 Å². The van der Waals surface area contributed by atoms with Gasteiger partial charge in [-0.15, -0.1) is 11.8 Å². The summed E-state index contributed by atoms with van der Waals surface area (Å²) in [5, 5.41) is 0.184.